The van der Waals surface area contributed by atoms with Crippen LogP contribution in [0.4, 0.5) is 11.4 Å². The first kappa shape index (κ1) is 26.0. The summed E-state index contributed by atoms with van der Waals surface area (Å²) < 4.78 is 28.3. The number of nitrogens with zero attached hydrogens (tertiary/aromatic N) is 1. The van der Waals surface area contributed by atoms with Gasteiger partial charge in [0.15, 0.2) is 0 Å². The van der Waals surface area contributed by atoms with Gasteiger partial charge < -0.3 is 10.6 Å². The third kappa shape index (κ3) is 5.90. The topological polar surface area (TPSA) is 116 Å². The summed E-state index contributed by atoms with van der Waals surface area (Å²) in [6, 6.07) is 15.6. The van der Waals surface area contributed by atoms with Gasteiger partial charge in [0.1, 0.15) is 10.0 Å². The number of rotatable bonds is 7. The summed E-state index contributed by atoms with van der Waals surface area (Å²) in [7, 11) is -3.71. The Balaban J connectivity index is 0.00000324. The van der Waals surface area contributed by atoms with E-state index in [-0.39, 0.29) is 28.4 Å². The standard InChI is InChI=1S/C23H23ClN4O3S2.ClH/c24-20-10-12-22(32-20)33(30,31)27-18-8-9-19-17(14-18)2-1-13-28(19)21(29)11-5-15-3-6-16(7-4-15)23(25)26;/h3-4,6-10,12,14,27H,1-2,5,11,13H2,(H3,25,26);1H. The molecule has 0 saturated heterocycles. The van der Waals surface area contributed by atoms with E-state index < -0.39 is 10.0 Å². The normalized spacial score (nSPS) is 13.0. The first-order valence-electron chi connectivity index (χ1n) is 10.4. The lowest BCUT2D eigenvalue weighted by atomic mass is 10.00. The molecule has 11 heteroatoms. The van der Waals surface area contributed by atoms with Crippen molar-refractivity contribution in [3.63, 3.8) is 0 Å². The van der Waals surface area contributed by atoms with Gasteiger partial charge in [-0.05, 0) is 60.7 Å². The molecule has 7 nitrogen and oxygen atoms in total. The van der Waals surface area contributed by atoms with Gasteiger partial charge in [-0.1, -0.05) is 35.9 Å². The number of nitrogens with two attached hydrogens (primary N) is 1. The van der Waals surface area contributed by atoms with E-state index in [1.807, 2.05) is 12.1 Å². The smallest absolute Gasteiger partial charge is 0.271 e. The molecule has 1 amide bonds. The molecule has 4 rings (SSSR count). The highest BCUT2D eigenvalue weighted by molar-refractivity contribution is 7.94. The zero-order chi connectivity index (χ0) is 23.6. The molecule has 0 radical (unpaired) electrons. The van der Waals surface area contributed by atoms with Gasteiger partial charge in [-0.2, -0.15) is 0 Å². The number of carbonyl (C=O) groups is 1. The van der Waals surface area contributed by atoms with Crippen LogP contribution in [-0.4, -0.2) is 26.7 Å². The van der Waals surface area contributed by atoms with Crippen molar-refractivity contribution in [3.05, 3.63) is 75.6 Å². The number of hydrogen-bond acceptors (Lipinski definition) is 5. The van der Waals surface area contributed by atoms with Gasteiger partial charge >= 0.3 is 0 Å². The fourth-order valence-electron chi connectivity index (χ4n) is 3.80. The highest BCUT2D eigenvalue weighted by atomic mass is 35.5. The van der Waals surface area contributed by atoms with Crippen LogP contribution in [0.2, 0.25) is 4.34 Å². The molecule has 2 heterocycles. The fraction of sp³-hybridized carbons (Fsp3) is 0.217. The Kier molecular flexibility index (Phi) is 8.25. The Bertz CT molecular complexity index is 1310. The maximum Gasteiger partial charge on any atom is 0.271 e. The number of benzene rings is 2. The Hall–Kier alpha value is -2.59. The van der Waals surface area contributed by atoms with Gasteiger partial charge in [0.05, 0.1) is 4.34 Å². The number of halogens is 2. The van der Waals surface area contributed by atoms with Crippen LogP contribution in [0, 0.1) is 5.41 Å². The molecule has 180 valence electrons. The summed E-state index contributed by atoms with van der Waals surface area (Å²) in [4.78, 5) is 14.7. The number of nitrogen functional groups attached to an aromatic ring is 1. The molecule has 3 aromatic rings. The highest BCUT2D eigenvalue weighted by Crippen LogP contribution is 2.32. The van der Waals surface area contributed by atoms with Crippen LogP contribution in [0.1, 0.15) is 29.5 Å². The molecule has 4 N–H and O–H groups in total. The molecule has 0 aliphatic carbocycles. The predicted molar refractivity (Wildman–Crippen MR) is 140 cm³/mol. The predicted octanol–water partition coefficient (Wildman–Crippen LogP) is 4.82. The lowest BCUT2D eigenvalue weighted by molar-refractivity contribution is -0.118. The van der Waals surface area contributed by atoms with Gasteiger partial charge in [0.25, 0.3) is 10.0 Å². The summed E-state index contributed by atoms with van der Waals surface area (Å²) in [6.07, 6.45) is 2.52. The second-order valence-electron chi connectivity index (χ2n) is 7.77. The van der Waals surface area contributed by atoms with E-state index in [1.165, 1.54) is 6.07 Å². The minimum absolute atomic E-state index is 0. The molecule has 0 unspecified atom stereocenters. The third-order valence-electron chi connectivity index (χ3n) is 5.46. The van der Waals surface area contributed by atoms with Crippen LogP contribution in [0.5, 0.6) is 0 Å². The van der Waals surface area contributed by atoms with Gasteiger partial charge in [0.2, 0.25) is 5.91 Å². The first-order chi connectivity index (χ1) is 15.7. The molecule has 1 aliphatic heterocycles. The molecule has 0 saturated carbocycles. The molecule has 1 aliphatic rings. The van der Waals surface area contributed by atoms with Crippen molar-refractivity contribution in [2.24, 2.45) is 5.73 Å². The van der Waals surface area contributed by atoms with E-state index in [1.54, 1.807) is 41.3 Å². The van der Waals surface area contributed by atoms with Gasteiger partial charge in [-0.25, -0.2) is 8.42 Å². The molecule has 2 aromatic carbocycles. The summed E-state index contributed by atoms with van der Waals surface area (Å²) in [6.45, 7) is 0.633. The van der Waals surface area contributed by atoms with Crippen LogP contribution >= 0.6 is 35.3 Å². The minimum atomic E-state index is -3.71. The number of amidine groups is 1. The van der Waals surface area contributed by atoms with Crippen LogP contribution in [0.3, 0.4) is 0 Å². The summed E-state index contributed by atoms with van der Waals surface area (Å²) in [5.41, 5.74) is 9.35. The SMILES string of the molecule is Cl.N=C(N)c1ccc(CCC(=O)N2CCCc3cc(NS(=O)(=O)c4ccc(Cl)s4)ccc32)cc1. The quantitative estimate of drug-likeness (QED) is 0.295. The van der Waals surface area contributed by atoms with Crippen molar-refractivity contribution in [1.82, 2.24) is 0 Å². The molecular weight excluding hydrogens is 515 g/mol. The highest BCUT2D eigenvalue weighted by Gasteiger charge is 2.24. The fourth-order valence-corrected chi connectivity index (χ4v) is 6.34. The molecule has 0 fully saturated rings. The monoisotopic (exact) mass is 538 g/mol. The molecule has 0 bridgehead atoms. The molecule has 1 aromatic heterocycles. The molecule has 0 spiro atoms. The van der Waals surface area contributed by atoms with Gasteiger partial charge in [-0.3, -0.25) is 14.9 Å². The Morgan fingerprint density at radius 3 is 2.53 bits per heavy atom. The lowest BCUT2D eigenvalue weighted by Gasteiger charge is -2.30. The molecule has 34 heavy (non-hydrogen) atoms. The van der Waals surface area contributed by atoms with Crippen LogP contribution < -0.4 is 15.4 Å². The second-order valence-corrected chi connectivity index (χ2v) is 11.4. The largest absolute Gasteiger partial charge is 0.384 e. The second kappa shape index (κ2) is 10.8. The van der Waals surface area contributed by atoms with E-state index in [4.69, 9.17) is 22.7 Å². The first-order valence-corrected chi connectivity index (χ1v) is 13.1. The zero-order valence-corrected chi connectivity index (χ0v) is 21.3. The maximum atomic E-state index is 13.0. The number of fused-ring (bicyclic) bond motifs is 1. The number of nitrogens with one attached hydrogen (secondary N) is 2. The number of thiophene rings is 1. The number of carbonyl (C=O) groups excluding carboxylic acids is 1. The average molecular weight is 540 g/mol. The number of sulfonamides is 1. The molecule has 0 atom stereocenters. The summed E-state index contributed by atoms with van der Waals surface area (Å²) in [5, 5.41) is 7.46. The van der Waals surface area contributed by atoms with Crippen molar-refractivity contribution >= 4 is 68.5 Å². The summed E-state index contributed by atoms with van der Waals surface area (Å²) in [5.74, 6) is 0.0385. The van der Waals surface area contributed by atoms with E-state index >= 15 is 0 Å². The van der Waals surface area contributed by atoms with E-state index in [0.717, 1.165) is 41.0 Å². The van der Waals surface area contributed by atoms with E-state index in [2.05, 4.69) is 4.72 Å². The van der Waals surface area contributed by atoms with E-state index in [9.17, 15) is 13.2 Å². The van der Waals surface area contributed by atoms with Gasteiger partial charge in [-0.15, -0.1) is 23.7 Å². The Labute approximate surface area is 213 Å². The van der Waals surface area contributed by atoms with Crippen molar-refractivity contribution in [2.45, 2.75) is 29.9 Å². The van der Waals surface area contributed by atoms with E-state index in [0.29, 0.717) is 35.0 Å². The van der Waals surface area contributed by atoms with Crippen LogP contribution in [0.15, 0.2) is 58.8 Å². The molecular formula is C23H24Cl2N4O3S2. The number of amides is 1. The average Bonchev–Trinajstić information content (AvgIpc) is 3.24. The van der Waals surface area contributed by atoms with Gasteiger partial charge in [0, 0.05) is 29.9 Å². The lowest BCUT2D eigenvalue weighted by Crippen LogP contribution is -2.35. The number of anilines is 2. The van der Waals surface area contributed by atoms with Crippen molar-refractivity contribution < 1.29 is 13.2 Å². The number of aryl methyl sites for hydroxylation is 2. The third-order valence-corrected chi connectivity index (χ3v) is 8.56. The van der Waals surface area contributed by atoms with Crippen molar-refractivity contribution in [3.8, 4) is 0 Å². The number of hydrogen-bond donors (Lipinski definition) is 3. The minimum Gasteiger partial charge on any atom is -0.384 e. The summed E-state index contributed by atoms with van der Waals surface area (Å²) >= 11 is 6.87. The Morgan fingerprint density at radius 2 is 1.88 bits per heavy atom. The van der Waals surface area contributed by atoms with Crippen molar-refractivity contribution in [1.29, 1.82) is 5.41 Å². The zero-order valence-electron chi connectivity index (χ0n) is 18.1. The Morgan fingerprint density at radius 1 is 1.15 bits per heavy atom. The van der Waals surface area contributed by atoms with Crippen LogP contribution in [-0.2, 0) is 27.7 Å². The van der Waals surface area contributed by atoms with Crippen molar-refractivity contribution in [2.75, 3.05) is 16.2 Å². The van der Waals surface area contributed by atoms with Crippen LogP contribution in [0.25, 0.3) is 0 Å². The maximum absolute atomic E-state index is 13.0.